The molecule has 7 heteroatoms. The Bertz CT molecular complexity index is 847. The van der Waals surface area contributed by atoms with Crippen LogP contribution in [0, 0.1) is 17.1 Å². The summed E-state index contributed by atoms with van der Waals surface area (Å²) in [5, 5.41) is 15.7. The molecule has 0 radical (unpaired) electrons. The predicted molar refractivity (Wildman–Crippen MR) is 126 cm³/mol. The van der Waals surface area contributed by atoms with E-state index in [9.17, 15) is 4.39 Å². The largest absolute Gasteiger partial charge is 0.369 e. The Labute approximate surface area is 189 Å². The van der Waals surface area contributed by atoms with E-state index in [2.05, 4.69) is 26.6 Å². The highest BCUT2D eigenvalue weighted by Crippen LogP contribution is 2.20. The second-order valence-corrected chi connectivity index (χ2v) is 6.91. The molecule has 29 heavy (non-hydrogen) atoms. The van der Waals surface area contributed by atoms with Crippen LogP contribution < -0.4 is 15.5 Å². The smallest absolute Gasteiger partial charge is 0.191 e. The van der Waals surface area contributed by atoms with Crippen molar-refractivity contribution in [2.75, 3.05) is 24.5 Å². The van der Waals surface area contributed by atoms with E-state index in [1.807, 2.05) is 37.3 Å². The number of halogens is 2. The van der Waals surface area contributed by atoms with Crippen LogP contribution in [-0.4, -0.2) is 31.6 Å². The Morgan fingerprint density at radius 2 is 2.07 bits per heavy atom. The van der Waals surface area contributed by atoms with Crippen molar-refractivity contribution in [3.63, 3.8) is 0 Å². The van der Waals surface area contributed by atoms with Crippen molar-refractivity contribution in [2.45, 2.75) is 32.4 Å². The van der Waals surface area contributed by atoms with Gasteiger partial charge in [-0.15, -0.1) is 24.0 Å². The number of nitriles is 1. The Hall–Kier alpha value is -2.34. The number of nitrogens with one attached hydrogen (secondary N) is 2. The molecule has 154 valence electrons. The highest BCUT2D eigenvalue weighted by Gasteiger charge is 2.21. The van der Waals surface area contributed by atoms with Crippen LogP contribution in [0.15, 0.2) is 53.5 Å². The van der Waals surface area contributed by atoms with Crippen molar-refractivity contribution in [3.8, 4) is 6.07 Å². The molecule has 0 spiro atoms. The van der Waals surface area contributed by atoms with Crippen molar-refractivity contribution >= 4 is 35.6 Å². The highest BCUT2D eigenvalue weighted by atomic mass is 127. The molecule has 1 heterocycles. The second kappa shape index (κ2) is 11.6. The highest BCUT2D eigenvalue weighted by molar-refractivity contribution is 14.0. The number of rotatable bonds is 5. The van der Waals surface area contributed by atoms with Crippen LogP contribution in [0.4, 0.5) is 10.1 Å². The van der Waals surface area contributed by atoms with E-state index in [-0.39, 0.29) is 35.8 Å². The Morgan fingerprint density at radius 3 is 2.76 bits per heavy atom. The zero-order valence-corrected chi connectivity index (χ0v) is 18.9. The molecule has 0 saturated carbocycles. The van der Waals surface area contributed by atoms with Crippen molar-refractivity contribution < 1.29 is 4.39 Å². The van der Waals surface area contributed by atoms with Crippen LogP contribution in [0.3, 0.4) is 0 Å². The Kier molecular flexibility index (Phi) is 9.19. The number of benzene rings is 2. The molecule has 1 atom stereocenters. The summed E-state index contributed by atoms with van der Waals surface area (Å²) in [4.78, 5) is 6.89. The van der Waals surface area contributed by atoms with Gasteiger partial charge in [-0.3, -0.25) is 0 Å². The average Bonchev–Trinajstić information content (AvgIpc) is 2.73. The minimum Gasteiger partial charge on any atom is -0.369 e. The molecule has 1 saturated heterocycles. The number of nitrogens with zero attached hydrogens (tertiary/aromatic N) is 3. The number of guanidine groups is 1. The molecule has 2 aromatic rings. The lowest BCUT2D eigenvalue weighted by atomic mass is 10.0. The number of aliphatic imine (C=N–C) groups is 1. The number of hydrogen-bond acceptors (Lipinski definition) is 3. The van der Waals surface area contributed by atoms with Gasteiger partial charge >= 0.3 is 0 Å². The number of anilines is 1. The summed E-state index contributed by atoms with van der Waals surface area (Å²) in [6.45, 7) is 5.10. The van der Waals surface area contributed by atoms with Crippen molar-refractivity contribution in [1.29, 1.82) is 5.26 Å². The fourth-order valence-electron chi connectivity index (χ4n) is 3.37. The summed E-state index contributed by atoms with van der Waals surface area (Å²) in [5.41, 5.74) is 2.63. The van der Waals surface area contributed by atoms with Gasteiger partial charge in [0, 0.05) is 31.4 Å². The lowest BCUT2D eigenvalue weighted by Gasteiger charge is -2.35. The molecule has 0 bridgehead atoms. The van der Waals surface area contributed by atoms with Gasteiger partial charge in [-0.2, -0.15) is 5.26 Å². The van der Waals surface area contributed by atoms with E-state index < -0.39 is 0 Å². The normalized spacial score (nSPS) is 16.5. The molecule has 0 amide bonds. The standard InChI is InChI=1S/C22H26FN5.HI/c1-2-25-22(26-15-18-10-8-17(14-24)9-11-18)27-20-6-4-12-28(16-20)21-7-3-5-19(23)13-21;/h3,5,7-11,13,20H,2,4,6,12,15-16H2,1H3,(H2,25,26,27);1H. The second-order valence-electron chi connectivity index (χ2n) is 6.91. The first-order chi connectivity index (χ1) is 13.7. The summed E-state index contributed by atoms with van der Waals surface area (Å²) in [5.74, 6) is 0.572. The molecular weight excluding hydrogens is 480 g/mol. The van der Waals surface area contributed by atoms with Crippen LogP contribution in [0.2, 0.25) is 0 Å². The number of hydrogen-bond donors (Lipinski definition) is 2. The third-order valence-corrected chi connectivity index (χ3v) is 4.78. The summed E-state index contributed by atoms with van der Waals surface area (Å²) >= 11 is 0. The van der Waals surface area contributed by atoms with Crippen LogP contribution in [0.1, 0.15) is 30.9 Å². The van der Waals surface area contributed by atoms with Crippen LogP contribution in [0.25, 0.3) is 0 Å². The molecule has 2 aromatic carbocycles. The van der Waals surface area contributed by atoms with Crippen LogP contribution in [-0.2, 0) is 6.54 Å². The van der Waals surface area contributed by atoms with E-state index in [0.29, 0.717) is 12.1 Å². The van der Waals surface area contributed by atoms with E-state index in [0.717, 1.165) is 49.7 Å². The van der Waals surface area contributed by atoms with Crippen LogP contribution >= 0.6 is 24.0 Å². The minimum atomic E-state index is -0.204. The monoisotopic (exact) mass is 507 g/mol. The van der Waals surface area contributed by atoms with Gasteiger partial charge in [0.2, 0.25) is 0 Å². The lowest BCUT2D eigenvalue weighted by Crippen LogP contribution is -2.51. The summed E-state index contributed by atoms with van der Waals surface area (Å²) in [6.07, 6.45) is 2.09. The summed E-state index contributed by atoms with van der Waals surface area (Å²) < 4.78 is 13.5. The van der Waals surface area contributed by atoms with Gasteiger partial charge in [-0.25, -0.2) is 9.38 Å². The van der Waals surface area contributed by atoms with Gasteiger partial charge in [0.05, 0.1) is 18.2 Å². The fourth-order valence-corrected chi connectivity index (χ4v) is 3.37. The van der Waals surface area contributed by atoms with Gasteiger partial charge in [-0.05, 0) is 55.7 Å². The van der Waals surface area contributed by atoms with Crippen molar-refractivity contribution in [2.24, 2.45) is 4.99 Å². The van der Waals surface area contributed by atoms with E-state index in [1.165, 1.54) is 6.07 Å². The van der Waals surface area contributed by atoms with E-state index in [1.54, 1.807) is 12.1 Å². The number of piperidine rings is 1. The minimum absolute atomic E-state index is 0. The maximum absolute atomic E-state index is 13.5. The molecule has 2 N–H and O–H groups in total. The first-order valence-electron chi connectivity index (χ1n) is 9.72. The first kappa shape index (κ1) is 22.9. The average molecular weight is 507 g/mol. The Balaban J connectivity index is 0.00000300. The molecule has 3 rings (SSSR count). The van der Waals surface area contributed by atoms with E-state index >= 15 is 0 Å². The van der Waals surface area contributed by atoms with Crippen molar-refractivity contribution in [3.05, 3.63) is 65.5 Å². The molecule has 1 aliphatic rings. The lowest BCUT2D eigenvalue weighted by molar-refractivity contribution is 0.467. The predicted octanol–water partition coefficient (Wildman–Crippen LogP) is 4.04. The van der Waals surface area contributed by atoms with Crippen LogP contribution in [0.5, 0.6) is 0 Å². The zero-order chi connectivity index (χ0) is 19.8. The van der Waals surface area contributed by atoms with E-state index in [4.69, 9.17) is 5.26 Å². The molecule has 5 nitrogen and oxygen atoms in total. The topological polar surface area (TPSA) is 63.5 Å². The molecule has 1 unspecified atom stereocenters. The fraction of sp³-hybridized carbons (Fsp3) is 0.364. The van der Waals surface area contributed by atoms with Gasteiger partial charge in [0.1, 0.15) is 5.82 Å². The summed E-state index contributed by atoms with van der Waals surface area (Å²) in [6, 6.07) is 16.6. The maximum Gasteiger partial charge on any atom is 0.191 e. The van der Waals surface area contributed by atoms with Gasteiger partial charge in [-0.1, -0.05) is 18.2 Å². The molecular formula is C22H27FIN5. The molecule has 0 aliphatic carbocycles. The van der Waals surface area contributed by atoms with Gasteiger partial charge in [0.25, 0.3) is 0 Å². The first-order valence-corrected chi connectivity index (χ1v) is 9.72. The summed E-state index contributed by atoms with van der Waals surface area (Å²) in [7, 11) is 0. The third-order valence-electron chi connectivity index (χ3n) is 4.78. The van der Waals surface area contributed by atoms with Crippen molar-refractivity contribution in [1.82, 2.24) is 10.6 Å². The Morgan fingerprint density at radius 1 is 1.28 bits per heavy atom. The molecule has 1 fully saturated rings. The third kappa shape index (κ3) is 6.89. The van der Waals surface area contributed by atoms with Gasteiger partial charge in [0.15, 0.2) is 5.96 Å². The SMILES string of the molecule is CCNC(=NCc1ccc(C#N)cc1)NC1CCCN(c2cccc(F)c2)C1.I. The quantitative estimate of drug-likeness (QED) is 0.365. The van der Waals surface area contributed by atoms with Gasteiger partial charge < -0.3 is 15.5 Å². The molecule has 0 aromatic heterocycles. The maximum atomic E-state index is 13.5. The zero-order valence-electron chi connectivity index (χ0n) is 16.6. The molecule has 1 aliphatic heterocycles.